The Balaban J connectivity index is 1.53. The zero-order chi connectivity index (χ0) is 16.4. The van der Waals surface area contributed by atoms with Crippen molar-refractivity contribution >= 4 is 12.0 Å². The number of nitrogens with zero attached hydrogens (tertiary/aromatic N) is 2. The molecule has 0 spiro atoms. The van der Waals surface area contributed by atoms with Gasteiger partial charge in [0.15, 0.2) is 0 Å². The molecule has 5 nitrogen and oxygen atoms in total. The topological polar surface area (TPSA) is 49.9 Å². The first-order valence-electron chi connectivity index (χ1n) is 9.15. The zero-order valence-corrected chi connectivity index (χ0v) is 14.5. The molecular formula is C18H28N2O3. The Morgan fingerprint density at radius 3 is 2.35 bits per heavy atom. The van der Waals surface area contributed by atoms with Crippen LogP contribution in [0, 0.1) is 11.8 Å². The Morgan fingerprint density at radius 1 is 1.00 bits per heavy atom. The Kier molecular flexibility index (Phi) is 3.40. The molecule has 2 heterocycles. The molecule has 2 saturated heterocycles. The van der Waals surface area contributed by atoms with Gasteiger partial charge in [0.05, 0.1) is 0 Å². The molecule has 5 atom stereocenters. The number of amides is 2. The van der Waals surface area contributed by atoms with E-state index >= 15 is 0 Å². The molecule has 5 heteroatoms. The first-order chi connectivity index (χ1) is 10.8. The molecule has 2 aliphatic carbocycles. The molecule has 2 unspecified atom stereocenters. The van der Waals surface area contributed by atoms with E-state index in [1.165, 1.54) is 12.8 Å². The molecule has 0 radical (unpaired) electrons. The van der Waals surface area contributed by atoms with Gasteiger partial charge in [0.25, 0.3) is 0 Å². The van der Waals surface area contributed by atoms with Gasteiger partial charge >= 0.3 is 6.09 Å². The number of carbonyl (C=O) groups excluding carboxylic acids is 2. The van der Waals surface area contributed by atoms with Crippen LogP contribution in [0.25, 0.3) is 0 Å². The molecule has 2 aliphatic heterocycles. The van der Waals surface area contributed by atoms with E-state index in [1.54, 1.807) is 4.90 Å². The first-order valence-corrected chi connectivity index (χ1v) is 9.15. The van der Waals surface area contributed by atoms with Crippen molar-refractivity contribution in [2.24, 2.45) is 11.8 Å². The Labute approximate surface area is 138 Å². The second-order valence-corrected chi connectivity index (χ2v) is 8.88. The van der Waals surface area contributed by atoms with E-state index in [2.05, 4.69) is 4.90 Å². The van der Waals surface area contributed by atoms with Crippen molar-refractivity contribution in [3.63, 3.8) is 0 Å². The van der Waals surface area contributed by atoms with Crippen LogP contribution in [0.2, 0.25) is 0 Å². The molecule has 0 aromatic rings. The maximum absolute atomic E-state index is 13.2. The Hall–Kier alpha value is -1.26. The third-order valence-electron chi connectivity index (χ3n) is 6.13. The molecule has 0 aromatic carbocycles. The Morgan fingerprint density at radius 2 is 1.74 bits per heavy atom. The summed E-state index contributed by atoms with van der Waals surface area (Å²) in [6, 6.07) is 0.346. The van der Waals surface area contributed by atoms with Crippen LogP contribution in [0.3, 0.4) is 0 Å². The first kappa shape index (κ1) is 15.3. The molecular weight excluding hydrogens is 292 g/mol. The number of carbonyl (C=O) groups is 2. The molecule has 2 saturated carbocycles. The van der Waals surface area contributed by atoms with Crippen LogP contribution in [0.4, 0.5) is 4.79 Å². The van der Waals surface area contributed by atoms with Crippen molar-refractivity contribution < 1.29 is 14.3 Å². The number of fused-ring (bicyclic) bond motifs is 4. The predicted octanol–water partition coefficient (Wildman–Crippen LogP) is 2.79. The summed E-state index contributed by atoms with van der Waals surface area (Å²) in [4.78, 5) is 29.7. The van der Waals surface area contributed by atoms with Crippen molar-refractivity contribution in [2.45, 2.75) is 83.0 Å². The van der Waals surface area contributed by atoms with Gasteiger partial charge in [0, 0.05) is 18.6 Å². The van der Waals surface area contributed by atoms with Gasteiger partial charge in [-0.15, -0.1) is 0 Å². The summed E-state index contributed by atoms with van der Waals surface area (Å²) in [5.74, 6) is 1.21. The summed E-state index contributed by atoms with van der Waals surface area (Å²) in [5, 5.41) is 0. The van der Waals surface area contributed by atoms with Crippen molar-refractivity contribution in [3.8, 4) is 0 Å². The number of piperidine rings is 2. The smallest absolute Gasteiger partial charge is 0.411 e. The monoisotopic (exact) mass is 320 g/mol. The molecule has 128 valence electrons. The average Bonchev–Trinajstić information content (AvgIpc) is 3.22. The number of hydrogen-bond donors (Lipinski definition) is 0. The van der Waals surface area contributed by atoms with Gasteiger partial charge in [0.2, 0.25) is 5.91 Å². The van der Waals surface area contributed by atoms with Crippen molar-refractivity contribution in [1.29, 1.82) is 0 Å². The van der Waals surface area contributed by atoms with Crippen LogP contribution in [0.5, 0.6) is 0 Å². The second-order valence-electron chi connectivity index (χ2n) is 8.88. The summed E-state index contributed by atoms with van der Waals surface area (Å²) in [6.07, 6.45) is 6.33. The predicted molar refractivity (Wildman–Crippen MR) is 85.8 cm³/mol. The van der Waals surface area contributed by atoms with E-state index in [0.717, 1.165) is 32.2 Å². The minimum atomic E-state index is -0.515. The highest BCUT2D eigenvalue weighted by Gasteiger charge is 2.55. The van der Waals surface area contributed by atoms with Crippen molar-refractivity contribution in [1.82, 2.24) is 9.80 Å². The normalized spacial score (nSPS) is 38.5. The molecule has 4 rings (SSSR count). The van der Waals surface area contributed by atoms with E-state index in [9.17, 15) is 9.59 Å². The van der Waals surface area contributed by atoms with Crippen LogP contribution in [-0.2, 0) is 9.53 Å². The minimum absolute atomic E-state index is 0.190. The highest BCUT2D eigenvalue weighted by Crippen LogP contribution is 2.46. The summed E-state index contributed by atoms with van der Waals surface area (Å²) < 4.78 is 5.60. The third kappa shape index (κ3) is 2.52. The van der Waals surface area contributed by atoms with E-state index in [-0.39, 0.29) is 24.1 Å². The molecule has 2 amide bonds. The number of hydrogen-bond acceptors (Lipinski definition) is 3. The van der Waals surface area contributed by atoms with Crippen molar-refractivity contribution in [3.05, 3.63) is 0 Å². The number of likely N-dealkylation sites (tertiary alicyclic amines) is 2. The summed E-state index contributed by atoms with van der Waals surface area (Å²) >= 11 is 0. The molecule has 23 heavy (non-hydrogen) atoms. The fraction of sp³-hybridized carbons (Fsp3) is 0.889. The van der Waals surface area contributed by atoms with Crippen LogP contribution in [-0.4, -0.2) is 52.1 Å². The lowest BCUT2D eigenvalue weighted by Crippen LogP contribution is -2.56. The average molecular weight is 320 g/mol. The molecule has 4 bridgehead atoms. The van der Waals surface area contributed by atoms with Crippen molar-refractivity contribution in [2.75, 3.05) is 6.54 Å². The van der Waals surface area contributed by atoms with E-state index in [4.69, 9.17) is 4.74 Å². The minimum Gasteiger partial charge on any atom is -0.444 e. The quantitative estimate of drug-likeness (QED) is 0.746. The SMILES string of the molecule is CC(C)(C)OC(=O)N1[C@H]2CC[C@H](C2)[C@H]1C(=O)N1CC2CCC1C2. The maximum Gasteiger partial charge on any atom is 0.411 e. The van der Waals surface area contributed by atoms with E-state index in [1.807, 2.05) is 20.8 Å². The van der Waals surface area contributed by atoms with Gasteiger partial charge in [-0.1, -0.05) is 0 Å². The molecule has 0 aromatic heterocycles. The lowest BCUT2D eigenvalue weighted by atomic mass is 9.96. The van der Waals surface area contributed by atoms with E-state index in [0.29, 0.717) is 17.9 Å². The zero-order valence-electron chi connectivity index (χ0n) is 14.5. The fourth-order valence-corrected chi connectivity index (χ4v) is 5.25. The van der Waals surface area contributed by atoms with Crippen LogP contribution < -0.4 is 0 Å². The van der Waals surface area contributed by atoms with Gasteiger partial charge in [-0.2, -0.15) is 0 Å². The van der Waals surface area contributed by atoms with Crippen LogP contribution >= 0.6 is 0 Å². The standard InChI is InChI=1S/C18H28N2O3/c1-18(2,3)23-17(22)20-14-7-5-12(9-14)15(20)16(21)19-10-11-4-6-13(19)8-11/h11-15H,4-10H2,1-3H3/t11?,12-,13?,14+,15+/m1/s1. The highest BCUT2D eigenvalue weighted by atomic mass is 16.6. The van der Waals surface area contributed by atoms with Gasteiger partial charge in [-0.3, -0.25) is 9.69 Å². The van der Waals surface area contributed by atoms with Gasteiger partial charge in [-0.05, 0) is 71.1 Å². The summed E-state index contributed by atoms with van der Waals surface area (Å²) in [7, 11) is 0. The summed E-state index contributed by atoms with van der Waals surface area (Å²) in [6.45, 7) is 6.56. The fourth-order valence-electron chi connectivity index (χ4n) is 5.25. The van der Waals surface area contributed by atoms with Gasteiger partial charge in [0.1, 0.15) is 11.6 Å². The summed E-state index contributed by atoms with van der Waals surface area (Å²) in [5.41, 5.74) is -0.515. The maximum atomic E-state index is 13.2. The van der Waals surface area contributed by atoms with E-state index < -0.39 is 5.60 Å². The van der Waals surface area contributed by atoms with Gasteiger partial charge in [-0.25, -0.2) is 4.79 Å². The van der Waals surface area contributed by atoms with Gasteiger partial charge < -0.3 is 9.64 Å². The van der Waals surface area contributed by atoms with Crippen LogP contribution in [0.1, 0.15) is 59.3 Å². The second kappa shape index (κ2) is 5.12. The molecule has 4 fully saturated rings. The lowest BCUT2D eigenvalue weighted by Gasteiger charge is -2.39. The van der Waals surface area contributed by atoms with Crippen LogP contribution in [0.15, 0.2) is 0 Å². The highest BCUT2D eigenvalue weighted by molar-refractivity contribution is 5.88. The lowest BCUT2D eigenvalue weighted by molar-refractivity contribution is -0.140. The number of rotatable bonds is 1. The molecule has 0 N–H and O–H groups in total. The number of ether oxygens (including phenoxy) is 1. The Bertz CT molecular complexity index is 527. The molecule has 4 aliphatic rings. The largest absolute Gasteiger partial charge is 0.444 e. The third-order valence-corrected chi connectivity index (χ3v) is 6.13.